The summed E-state index contributed by atoms with van der Waals surface area (Å²) in [5, 5.41) is 8.99. The van der Waals surface area contributed by atoms with Crippen LogP contribution in [-0.4, -0.2) is 11.1 Å². The summed E-state index contributed by atoms with van der Waals surface area (Å²) in [6.07, 6.45) is 2.37. The van der Waals surface area contributed by atoms with Crippen LogP contribution < -0.4 is 4.74 Å². The lowest BCUT2D eigenvalue weighted by Crippen LogP contribution is -1.91. The van der Waals surface area contributed by atoms with Gasteiger partial charge in [-0.2, -0.15) is 0 Å². The molecule has 0 unspecified atom stereocenters. The molecule has 5 heteroatoms. The monoisotopic (exact) mass is 292 g/mol. The predicted octanol–water partition coefficient (Wildman–Crippen LogP) is 4.37. The molecule has 20 heavy (non-hydrogen) atoms. The smallest absolute Gasteiger partial charge is 0.328 e. The Kier molecular flexibility index (Phi) is 4.38. The second kappa shape index (κ2) is 6.21. The summed E-state index contributed by atoms with van der Waals surface area (Å²) in [6, 6.07) is 10.4. The Morgan fingerprint density at radius 2 is 1.90 bits per heavy atom. The Morgan fingerprint density at radius 3 is 2.55 bits per heavy atom. The largest absolute Gasteiger partial charge is 0.478 e. The molecule has 0 bridgehead atoms. The molecule has 0 saturated carbocycles. The predicted molar refractivity (Wildman–Crippen MR) is 74.6 cm³/mol. The summed E-state index contributed by atoms with van der Waals surface area (Å²) in [7, 11) is 0. The highest BCUT2D eigenvalue weighted by atomic mass is 35.5. The van der Waals surface area contributed by atoms with Crippen LogP contribution in [0.25, 0.3) is 6.08 Å². The summed E-state index contributed by atoms with van der Waals surface area (Å²) in [5.74, 6) is -0.719. The molecular weight excluding hydrogens is 283 g/mol. The van der Waals surface area contributed by atoms with E-state index in [0.717, 1.165) is 6.08 Å². The van der Waals surface area contributed by atoms with E-state index >= 15 is 0 Å². The first-order valence-corrected chi connectivity index (χ1v) is 6.07. The van der Waals surface area contributed by atoms with Crippen LogP contribution in [0.1, 0.15) is 5.56 Å². The minimum absolute atomic E-state index is 0.318. The van der Waals surface area contributed by atoms with Crippen molar-refractivity contribution < 1.29 is 19.0 Å². The number of carboxylic acids is 1. The lowest BCUT2D eigenvalue weighted by atomic mass is 10.2. The standard InChI is InChI=1S/C15H10ClFO3/c16-13-3-1-2-10(4-9-14(18)19)15(13)20-12-7-5-11(17)6-8-12/h1-9H,(H,18,19)/b9-4+. The van der Waals surface area contributed by atoms with Crippen LogP contribution in [0.4, 0.5) is 4.39 Å². The molecule has 2 rings (SSSR count). The van der Waals surface area contributed by atoms with Gasteiger partial charge in [-0.15, -0.1) is 0 Å². The van der Waals surface area contributed by atoms with Crippen molar-refractivity contribution in [3.8, 4) is 11.5 Å². The number of carboxylic acid groups (broad SMARTS) is 1. The minimum atomic E-state index is -1.07. The molecule has 0 saturated heterocycles. The third-order valence-corrected chi connectivity index (χ3v) is 2.73. The number of rotatable bonds is 4. The molecule has 0 aromatic heterocycles. The van der Waals surface area contributed by atoms with Crippen LogP contribution in [0.3, 0.4) is 0 Å². The molecule has 3 nitrogen and oxygen atoms in total. The van der Waals surface area contributed by atoms with Gasteiger partial charge in [0, 0.05) is 11.6 Å². The Labute approximate surface area is 119 Å². The molecule has 0 aliphatic heterocycles. The maximum Gasteiger partial charge on any atom is 0.328 e. The first kappa shape index (κ1) is 14.1. The maximum absolute atomic E-state index is 12.8. The number of ether oxygens (including phenoxy) is 1. The molecule has 0 amide bonds. The average molecular weight is 293 g/mol. The molecular formula is C15H10ClFO3. The highest BCUT2D eigenvalue weighted by molar-refractivity contribution is 6.32. The second-order valence-electron chi connectivity index (χ2n) is 3.89. The number of hydrogen-bond donors (Lipinski definition) is 1. The van der Waals surface area contributed by atoms with Gasteiger partial charge in [-0.25, -0.2) is 9.18 Å². The number of para-hydroxylation sites is 1. The van der Waals surface area contributed by atoms with Gasteiger partial charge in [-0.05, 0) is 36.4 Å². The lowest BCUT2D eigenvalue weighted by Gasteiger charge is -2.10. The van der Waals surface area contributed by atoms with E-state index in [1.54, 1.807) is 18.2 Å². The van der Waals surface area contributed by atoms with Crippen molar-refractivity contribution in [2.45, 2.75) is 0 Å². The van der Waals surface area contributed by atoms with E-state index in [-0.39, 0.29) is 5.82 Å². The zero-order valence-corrected chi connectivity index (χ0v) is 11.0. The van der Waals surface area contributed by atoms with Gasteiger partial charge in [0.05, 0.1) is 5.02 Å². The lowest BCUT2D eigenvalue weighted by molar-refractivity contribution is -0.131. The van der Waals surface area contributed by atoms with E-state index in [2.05, 4.69) is 0 Å². The minimum Gasteiger partial charge on any atom is -0.478 e. The van der Waals surface area contributed by atoms with Crippen LogP contribution >= 0.6 is 11.6 Å². The van der Waals surface area contributed by atoms with E-state index in [0.29, 0.717) is 22.1 Å². The number of halogens is 2. The van der Waals surface area contributed by atoms with Crippen LogP contribution in [-0.2, 0) is 4.79 Å². The highest BCUT2D eigenvalue weighted by Gasteiger charge is 2.08. The summed E-state index contributed by atoms with van der Waals surface area (Å²) < 4.78 is 18.4. The number of carbonyl (C=O) groups is 1. The first-order chi connectivity index (χ1) is 9.56. The van der Waals surface area contributed by atoms with E-state index in [1.807, 2.05) is 0 Å². The quantitative estimate of drug-likeness (QED) is 0.851. The van der Waals surface area contributed by atoms with Crippen LogP contribution in [0.2, 0.25) is 5.02 Å². The third-order valence-electron chi connectivity index (χ3n) is 2.44. The van der Waals surface area contributed by atoms with Crippen molar-refractivity contribution in [3.05, 3.63) is 64.9 Å². The summed E-state index contributed by atoms with van der Waals surface area (Å²) >= 11 is 6.05. The zero-order chi connectivity index (χ0) is 14.5. The van der Waals surface area contributed by atoms with E-state index in [1.165, 1.54) is 30.3 Å². The van der Waals surface area contributed by atoms with Crippen LogP contribution in [0, 0.1) is 5.82 Å². The second-order valence-corrected chi connectivity index (χ2v) is 4.29. The molecule has 0 aliphatic carbocycles. The van der Waals surface area contributed by atoms with Crippen molar-refractivity contribution in [1.82, 2.24) is 0 Å². The van der Waals surface area contributed by atoms with Crippen LogP contribution in [0.5, 0.6) is 11.5 Å². The average Bonchev–Trinajstić information content (AvgIpc) is 2.41. The molecule has 0 fully saturated rings. The fraction of sp³-hybridized carbons (Fsp3) is 0. The van der Waals surface area contributed by atoms with Gasteiger partial charge in [0.1, 0.15) is 11.6 Å². The molecule has 0 spiro atoms. The Morgan fingerprint density at radius 1 is 1.20 bits per heavy atom. The molecule has 0 atom stereocenters. The van der Waals surface area contributed by atoms with Crippen molar-refractivity contribution >= 4 is 23.6 Å². The van der Waals surface area contributed by atoms with Gasteiger partial charge in [0.15, 0.2) is 5.75 Å². The first-order valence-electron chi connectivity index (χ1n) is 5.69. The Hall–Kier alpha value is -2.33. The van der Waals surface area contributed by atoms with Crippen molar-refractivity contribution in [2.75, 3.05) is 0 Å². The molecule has 0 heterocycles. The summed E-state index contributed by atoms with van der Waals surface area (Å²) in [5.41, 5.74) is 0.518. The fourth-order valence-corrected chi connectivity index (χ4v) is 1.77. The molecule has 2 aromatic rings. The van der Waals surface area contributed by atoms with Crippen molar-refractivity contribution in [3.63, 3.8) is 0 Å². The SMILES string of the molecule is O=C(O)/C=C/c1cccc(Cl)c1Oc1ccc(F)cc1. The molecule has 2 aromatic carbocycles. The van der Waals surface area contributed by atoms with Gasteiger partial charge < -0.3 is 9.84 Å². The summed E-state index contributed by atoms with van der Waals surface area (Å²) in [6.45, 7) is 0. The van der Waals surface area contributed by atoms with E-state index in [4.69, 9.17) is 21.4 Å². The van der Waals surface area contributed by atoms with Gasteiger partial charge in [-0.1, -0.05) is 23.7 Å². The van der Waals surface area contributed by atoms with Crippen LogP contribution in [0.15, 0.2) is 48.5 Å². The van der Waals surface area contributed by atoms with Crippen molar-refractivity contribution in [1.29, 1.82) is 0 Å². The van der Waals surface area contributed by atoms with E-state index in [9.17, 15) is 9.18 Å². The topological polar surface area (TPSA) is 46.5 Å². The van der Waals surface area contributed by atoms with E-state index < -0.39 is 5.97 Å². The Balaban J connectivity index is 2.34. The normalized spacial score (nSPS) is 10.7. The number of benzene rings is 2. The van der Waals surface area contributed by atoms with Gasteiger partial charge >= 0.3 is 5.97 Å². The summed E-state index contributed by atoms with van der Waals surface area (Å²) in [4.78, 5) is 10.6. The highest BCUT2D eigenvalue weighted by Crippen LogP contribution is 2.33. The zero-order valence-electron chi connectivity index (χ0n) is 10.2. The Bertz CT molecular complexity index is 651. The molecule has 1 N–H and O–H groups in total. The third kappa shape index (κ3) is 3.59. The fourth-order valence-electron chi connectivity index (χ4n) is 1.55. The maximum atomic E-state index is 12.8. The molecule has 102 valence electrons. The van der Waals surface area contributed by atoms with Gasteiger partial charge in [-0.3, -0.25) is 0 Å². The molecule has 0 aliphatic rings. The van der Waals surface area contributed by atoms with Crippen molar-refractivity contribution in [2.24, 2.45) is 0 Å². The number of hydrogen-bond acceptors (Lipinski definition) is 2. The molecule has 0 radical (unpaired) electrons. The van der Waals surface area contributed by atoms with Gasteiger partial charge in [0.25, 0.3) is 0 Å². The van der Waals surface area contributed by atoms with Gasteiger partial charge in [0.2, 0.25) is 0 Å². The number of aliphatic carboxylic acids is 1.